The molecule has 4 heteroatoms. The summed E-state index contributed by atoms with van der Waals surface area (Å²) < 4.78 is 0. The number of nitrogens with zero attached hydrogens (tertiary/aromatic N) is 1. The molecule has 1 unspecified atom stereocenters. The van der Waals surface area contributed by atoms with Crippen LogP contribution in [0.25, 0.3) is 0 Å². The molecule has 0 spiro atoms. The van der Waals surface area contributed by atoms with Crippen LogP contribution >= 0.6 is 0 Å². The van der Waals surface area contributed by atoms with Gasteiger partial charge in [-0.3, -0.25) is 9.59 Å². The molecule has 1 aliphatic rings. The van der Waals surface area contributed by atoms with Crippen LogP contribution in [0.1, 0.15) is 24.4 Å². The van der Waals surface area contributed by atoms with Crippen LogP contribution in [0.5, 0.6) is 0 Å². The number of benzene rings is 1. The van der Waals surface area contributed by atoms with Gasteiger partial charge in [-0.1, -0.05) is 18.2 Å². The van der Waals surface area contributed by atoms with Gasteiger partial charge in [0.15, 0.2) is 5.78 Å². The summed E-state index contributed by atoms with van der Waals surface area (Å²) in [6.45, 7) is 0. The van der Waals surface area contributed by atoms with Gasteiger partial charge < -0.3 is 10.6 Å². The van der Waals surface area contributed by atoms with E-state index in [1.54, 1.807) is 19.2 Å². The molecule has 2 N–H and O–H groups in total. The molecule has 0 aromatic heterocycles. The quantitative estimate of drug-likeness (QED) is 0.719. The van der Waals surface area contributed by atoms with Crippen molar-refractivity contribution in [2.75, 3.05) is 12.8 Å². The fraction of sp³-hybridized carbons (Fsp3) is 0.333. The van der Waals surface area contributed by atoms with E-state index in [0.29, 0.717) is 18.5 Å². The number of hydrogen-bond donors (Lipinski definition) is 1. The highest BCUT2D eigenvalue weighted by molar-refractivity contribution is 5.96. The number of para-hydroxylation sites is 1. The average molecular weight is 218 g/mol. The summed E-state index contributed by atoms with van der Waals surface area (Å²) in [6.07, 6.45) is 0.612. The van der Waals surface area contributed by atoms with Gasteiger partial charge in [0.05, 0.1) is 0 Å². The van der Waals surface area contributed by atoms with E-state index >= 15 is 0 Å². The Labute approximate surface area is 94.0 Å². The Kier molecular flexibility index (Phi) is 2.64. The van der Waals surface area contributed by atoms with Crippen LogP contribution in [0.2, 0.25) is 0 Å². The number of likely N-dealkylation sites (tertiary alicyclic amines) is 1. The van der Waals surface area contributed by atoms with Crippen molar-refractivity contribution < 1.29 is 9.59 Å². The van der Waals surface area contributed by atoms with Crippen molar-refractivity contribution in [1.29, 1.82) is 0 Å². The smallest absolute Gasteiger partial charge is 0.223 e. The minimum Gasteiger partial charge on any atom is -0.398 e. The van der Waals surface area contributed by atoms with Gasteiger partial charge in [-0.15, -0.1) is 0 Å². The molecule has 4 nitrogen and oxygen atoms in total. The minimum absolute atomic E-state index is 0.00662. The second-order valence-corrected chi connectivity index (χ2v) is 4.00. The predicted molar refractivity (Wildman–Crippen MR) is 60.6 cm³/mol. The standard InChI is InChI=1S/C12H14N2O2/c1-14-11(16)7-6-10(15)12(14)8-4-2-3-5-9(8)13/h2-5,12H,6-7,13H2,1H3. The van der Waals surface area contributed by atoms with Crippen molar-refractivity contribution in [3.8, 4) is 0 Å². The van der Waals surface area contributed by atoms with Gasteiger partial charge in [-0.05, 0) is 6.07 Å². The molecule has 16 heavy (non-hydrogen) atoms. The molecule has 2 rings (SSSR count). The summed E-state index contributed by atoms with van der Waals surface area (Å²) in [4.78, 5) is 24.9. The van der Waals surface area contributed by atoms with E-state index in [0.717, 1.165) is 5.56 Å². The molecular weight excluding hydrogens is 204 g/mol. The molecule has 1 fully saturated rings. The normalized spacial score (nSPS) is 21.3. The van der Waals surface area contributed by atoms with Crippen LogP contribution in [-0.4, -0.2) is 23.6 Å². The number of nitrogen functional groups attached to an aromatic ring is 1. The van der Waals surface area contributed by atoms with Crippen LogP contribution in [0, 0.1) is 0 Å². The molecular formula is C12H14N2O2. The maximum atomic E-state index is 11.9. The van der Waals surface area contributed by atoms with Gasteiger partial charge >= 0.3 is 0 Å². The zero-order valence-electron chi connectivity index (χ0n) is 9.14. The van der Waals surface area contributed by atoms with E-state index in [9.17, 15) is 9.59 Å². The number of likely N-dealkylation sites (N-methyl/N-ethyl adjacent to an activating group) is 1. The molecule has 0 aliphatic carbocycles. The maximum Gasteiger partial charge on any atom is 0.223 e. The molecule has 0 saturated carbocycles. The molecule has 1 heterocycles. The summed E-state index contributed by atoms with van der Waals surface area (Å²) in [7, 11) is 1.65. The fourth-order valence-electron chi connectivity index (χ4n) is 2.05. The molecule has 84 valence electrons. The Morgan fingerprint density at radius 2 is 1.94 bits per heavy atom. The van der Waals surface area contributed by atoms with E-state index in [1.807, 2.05) is 12.1 Å². The van der Waals surface area contributed by atoms with Crippen LogP contribution in [0.3, 0.4) is 0 Å². The van der Waals surface area contributed by atoms with Crippen LogP contribution < -0.4 is 5.73 Å². The van der Waals surface area contributed by atoms with Crippen molar-refractivity contribution in [3.63, 3.8) is 0 Å². The van der Waals surface area contributed by atoms with Crippen LogP contribution in [-0.2, 0) is 9.59 Å². The summed E-state index contributed by atoms with van der Waals surface area (Å²) in [5.41, 5.74) is 7.11. The molecule has 1 aromatic rings. The number of anilines is 1. The fourth-order valence-corrected chi connectivity index (χ4v) is 2.05. The van der Waals surface area contributed by atoms with E-state index in [2.05, 4.69) is 0 Å². The van der Waals surface area contributed by atoms with Crippen molar-refractivity contribution in [2.45, 2.75) is 18.9 Å². The summed E-state index contributed by atoms with van der Waals surface area (Å²) in [5, 5.41) is 0. The molecule has 0 radical (unpaired) electrons. The van der Waals surface area contributed by atoms with Gasteiger partial charge in [0.25, 0.3) is 0 Å². The highest BCUT2D eigenvalue weighted by Crippen LogP contribution is 2.30. The lowest BCUT2D eigenvalue weighted by molar-refractivity contribution is -0.143. The SMILES string of the molecule is CN1C(=O)CCC(=O)C1c1ccccc1N. The first-order chi connectivity index (χ1) is 7.61. The summed E-state index contributed by atoms with van der Waals surface area (Å²) in [5.74, 6) is 0.0489. The molecule has 1 aliphatic heterocycles. The number of Topliss-reactive ketones (excluding diaryl/α,β-unsaturated/α-hetero) is 1. The second-order valence-electron chi connectivity index (χ2n) is 4.00. The predicted octanol–water partition coefficient (Wildman–Crippen LogP) is 1.13. The van der Waals surface area contributed by atoms with E-state index in [4.69, 9.17) is 5.73 Å². The first-order valence-electron chi connectivity index (χ1n) is 5.24. The Morgan fingerprint density at radius 3 is 2.62 bits per heavy atom. The van der Waals surface area contributed by atoms with Gasteiger partial charge in [-0.25, -0.2) is 0 Å². The van der Waals surface area contributed by atoms with Crippen molar-refractivity contribution in [1.82, 2.24) is 4.90 Å². The molecule has 1 aromatic carbocycles. The lowest BCUT2D eigenvalue weighted by Gasteiger charge is -2.32. The van der Waals surface area contributed by atoms with Gasteiger partial charge in [0, 0.05) is 31.1 Å². The van der Waals surface area contributed by atoms with Gasteiger partial charge in [0.2, 0.25) is 5.91 Å². The summed E-state index contributed by atoms with van der Waals surface area (Å²) in [6, 6.07) is 6.67. The topological polar surface area (TPSA) is 63.4 Å². The Morgan fingerprint density at radius 1 is 1.25 bits per heavy atom. The van der Waals surface area contributed by atoms with Gasteiger partial charge in [-0.2, -0.15) is 0 Å². The maximum absolute atomic E-state index is 11.9. The first-order valence-corrected chi connectivity index (χ1v) is 5.24. The number of hydrogen-bond acceptors (Lipinski definition) is 3. The number of rotatable bonds is 1. The molecule has 1 amide bonds. The van der Waals surface area contributed by atoms with Crippen molar-refractivity contribution >= 4 is 17.4 Å². The highest BCUT2D eigenvalue weighted by atomic mass is 16.2. The largest absolute Gasteiger partial charge is 0.398 e. The Bertz CT molecular complexity index is 442. The average Bonchev–Trinajstić information content (AvgIpc) is 2.27. The third-order valence-corrected chi connectivity index (χ3v) is 2.96. The minimum atomic E-state index is -0.512. The van der Waals surface area contributed by atoms with E-state index in [-0.39, 0.29) is 11.7 Å². The van der Waals surface area contributed by atoms with E-state index in [1.165, 1.54) is 4.90 Å². The lowest BCUT2D eigenvalue weighted by atomic mass is 9.93. The summed E-state index contributed by atoms with van der Waals surface area (Å²) >= 11 is 0. The zero-order chi connectivity index (χ0) is 11.7. The highest BCUT2D eigenvalue weighted by Gasteiger charge is 2.33. The van der Waals surface area contributed by atoms with Crippen LogP contribution in [0.4, 0.5) is 5.69 Å². The Balaban J connectivity index is 2.41. The molecule has 1 saturated heterocycles. The number of nitrogens with two attached hydrogens (primary N) is 1. The third-order valence-electron chi connectivity index (χ3n) is 2.96. The van der Waals surface area contributed by atoms with Crippen molar-refractivity contribution in [2.24, 2.45) is 0 Å². The third kappa shape index (κ3) is 1.66. The number of piperidine rings is 1. The van der Waals surface area contributed by atoms with E-state index < -0.39 is 6.04 Å². The first kappa shape index (κ1) is 10.7. The molecule has 1 atom stereocenters. The van der Waals surface area contributed by atoms with Crippen LogP contribution in [0.15, 0.2) is 24.3 Å². The lowest BCUT2D eigenvalue weighted by Crippen LogP contribution is -2.40. The molecule has 0 bridgehead atoms. The van der Waals surface area contributed by atoms with Gasteiger partial charge in [0.1, 0.15) is 6.04 Å². The number of ketones is 1. The zero-order valence-corrected chi connectivity index (χ0v) is 9.14. The number of amides is 1. The monoisotopic (exact) mass is 218 g/mol. The Hall–Kier alpha value is -1.84. The number of carbonyl (C=O) groups is 2. The van der Waals surface area contributed by atoms with Crippen molar-refractivity contribution in [3.05, 3.63) is 29.8 Å². The number of carbonyl (C=O) groups excluding carboxylic acids is 2. The second kappa shape index (κ2) is 3.96.